The summed E-state index contributed by atoms with van der Waals surface area (Å²) in [7, 11) is 1.78. The Bertz CT molecular complexity index is 1320. The number of carbonyl (C=O) groups excluding carboxylic acids is 1. The van der Waals surface area contributed by atoms with Gasteiger partial charge in [-0.2, -0.15) is 13.9 Å². The number of hydrogen-bond donors (Lipinski definition) is 0. The minimum atomic E-state index is -2.81. The van der Waals surface area contributed by atoms with E-state index >= 15 is 0 Å². The summed E-state index contributed by atoms with van der Waals surface area (Å²) < 4.78 is 35.7. The summed E-state index contributed by atoms with van der Waals surface area (Å²) in [6.07, 6.45) is 1.08. The Hall–Kier alpha value is -3.36. The number of nitrogens with zero attached hydrogens (tertiary/aromatic N) is 5. The standard InChI is InChI=1S/C22H21F2N5O2/c1-11-18-14(10-16(13-8-9-13)26-20(18)28(3)27-11)21(30)31-12(2)19-25-15-6-4-5-7-17(15)29(19)22(23)24/h4-7,10,12-13,22H,8-9H2,1-3H3. The van der Waals surface area contributed by atoms with Gasteiger partial charge in [-0.1, -0.05) is 12.1 Å². The van der Waals surface area contributed by atoms with Crippen molar-refractivity contribution < 1.29 is 18.3 Å². The summed E-state index contributed by atoms with van der Waals surface area (Å²) in [5, 5.41) is 5.01. The predicted octanol–water partition coefficient (Wildman–Crippen LogP) is 4.82. The molecule has 1 atom stereocenters. The lowest BCUT2D eigenvalue weighted by Crippen LogP contribution is -2.15. The minimum absolute atomic E-state index is 0.000162. The van der Waals surface area contributed by atoms with Crippen molar-refractivity contribution in [3.05, 3.63) is 53.1 Å². The number of aromatic nitrogens is 5. The molecular weight excluding hydrogens is 404 g/mol. The molecule has 1 saturated carbocycles. The number of ether oxygens (including phenoxy) is 1. The van der Waals surface area contributed by atoms with Crippen LogP contribution in [0, 0.1) is 6.92 Å². The monoisotopic (exact) mass is 425 g/mol. The van der Waals surface area contributed by atoms with Crippen molar-refractivity contribution in [3.63, 3.8) is 0 Å². The third-order valence-electron chi connectivity index (χ3n) is 5.67. The van der Waals surface area contributed by atoms with Crippen LogP contribution in [0.15, 0.2) is 30.3 Å². The van der Waals surface area contributed by atoms with Gasteiger partial charge < -0.3 is 4.74 Å². The van der Waals surface area contributed by atoms with Crippen LogP contribution in [0.4, 0.5) is 8.78 Å². The third-order valence-corrected chi connectivity index (χ3v) is 5.67. The SMILES string of the molecule is Cc1nn(C)c2nc(C3CC3)cc(C(=O)OC(C)c3nc4ccccc4n3C(F)F)c12. The number of fused-ring (bicyclic) bond motifs is 2. The van der Waals surface area contributed by atoms with Gasteiger partial charge in [-0.05, 0) is 44.9 Å². The molecule has 160 valence electrons. The van der Waals surface area contributed by atoms with Gasteiger partial charge in [0, 0.05) is 18.7 Å². The van der Waals surface area contributed by atoms with Crippen LogP contribution < -0.4 is 0 Å². The van der Waals surface area contributed by atoms with Gasteiger partial charge in [-0.3, -0.25) is 9.25 Å². The Balaban J connectivity index is 1.55. The molecule has 7 nitrogen and oxygen atoms in total. The van der Waals surface area contributed by atoms with Gasteiger partial charge >= 0.3 is 12.5 Å². The zero-order chi connectivity index (χ0) is 21.9. The van der Waals surface area contributed by atoms with E-state index in [1.807, 2.05) is 0 Å². The fourth-order valence-corrected chi connectivity index (χ4v) is 4.05. The van der Waals surface area contributed by atoms with Gasteiger partial charge in [0.05, 0.1) is 27.7 Å². The lowest BCUT2D eigenvalue weighted by Gasteiger charge is -2.16. The number of esters is 1. The number of imidazole rings is 1. The lowest BCUT2D eigenvalue weighted by atomic mass is 10.1. The quantitative estimate of drug-likeness (QED) is 0.429. The highest BCUT2D eigenvalue weighted by molar-refractivity contribution is 6.04. The van der Waals surface area contributed by atoms with Crippen LogP contribution in [0.1, 0.15) is 65.9 Å². The van der Waals surface area contributed by atoms with Crippen molar-refractivity contribution in [2.24, 2.45) is 7.05 Å². The highest BCUT2D eigenvalue weighted by atomic mass is 19.3. The largest absolute Gasteiger partial charge is 0.451 e. The molecule has 3 aromatic heterocycles. The number of benzene rings is 1. The fraction of sp³-hybridized carbons (Fsp3) is 0.364. The normalized spacial score (nSPS) is 15.2. The van der Waals surface area contributed by atoms with Gasteiger partial charge in [0.1, 0.15) is 0 Å². The first-order valence-corrected chi connectivity index (χ1v) is 10.2. The van der Waals surface area contributed by atoms with E-state index in [0.29, 0.717) is 39.2 Å². The highest BCUT2D eigenvalue weighted by Crippen LogP contribution is 2.40. The molecule has 0 saturated heterocycles. The number of aryl methyl sites for hydroxylation is 2. The Labute approximate surface area is 176 Å². The van der Waals surface area contributed by atoms with Crippen molar-refractivity contribution in [2.45, 2.75) is 45.3 Å². The van der Waals surface area contributed by atoms with E-state index in [2.05, 4.69) is 15.1 Å². The molecule has 1 fully saturated rings. The summed E-state index contributed by atoms with van der Waals surface area (Å²) in [5.74, 6) is -0.280. The minimum Gasteiger partial charge on any atom is -0.451 e. The van der Waals surface area contributed by atoms with Gasteiger partial charge in [-0.25, -0.2) is 14.8 Å². The summed E-state index contributed by atoms with van der Waals surface area (Å²) in [6.45, 7) is 0.546. The van der Waals surface area contributed by atoms with Crippen LogP contribution in [0.3, 0.4) is 0 Å². The van der Waals surface area contributed by atoms with Gasteiger partial charge in [-0.15, -0.1) is 0 Å². The van der Waals surface area contributed by atoms with Crippen LogP contribution in [-0.4, -0.2) is 30.3 Å². The fourth-order valence-electron chi connectivity index (χ4n) is 4.05. The molecule has 5 rings (SSSR count). The lowest BCUT2D eigenvalue weighted by molar-refractivity contribution is 0.0235. The van der Waals surface area contributed by atoms with Crippen molar-refractivity contribution >= 4 is 28.0 Å². The van der Waals surface area contributed by atoms with E-state index in [1.165, 1.54) is 0 Å². The van der Waals surface area contributed by atoms with Gasteiger partial charge in [0.15, 0.2) is 17.6 Å². The van der Waals surface area contributed by atoms with Crippen LogP contribution >= 0.6 is 0 Å². The molecule has 31 heavy (non-hydrogen) atoms. The molecular formula is C22H21F2N5O2. The molecule has 1 unspecified atom stereocenters. The van der Waals surface area contributed by atoms with Crippen LogP contribution in [-0.2, 0) is 11.8 Å². The molecule has 0 N–H and O–H groups in total. The number of hydrogen-bond acceptors (Lipinski definition) is 5. The van der Waals surface area contributed by atoms with Crippen molar-refractivity contribution in [3.8, 4) is 0 Å². The first kappa shape index (κ1) is 19.6. The summed E-state index contributed by atoms with van der Waals surface area (Å²) >= 11 is 0. The number of rotatable bonds is 5. The van der Waals surface area contributed by atoms with Crippen molar-refractivity contribution in [2.75, 3.05) is 0 Å². The summed E-state index contributed by atoms with van der Waals surface area (Å²) in [4.78, 5) is 22.2. The number of carbonyl (C=O) groups is 1. The van der Waals surface area contributed by atoms with Crippen LogP contribution in [0.25, 0.3) is 22.1 Å². The first-order chi connectivity index (χ1) is 14.8. The Kier molecular flexibility index (Phi) is 4.49. The maximum Gasteiger partial charge on any atom is 0.339 e. The molecule has 3 heterocycles. The van der Waals surface area contributed by atoms with E-state index in [0.717, 1.165) is 23.1 Å². The molecule has 9 heteroatoms. The number of halogens is 2. The maximum absolute atomic E-state index is 13.8. The molecule has 1 aromatic carbocycles. The maximum atomic E-state index is 13.8. The molecule has 1 aliphatic carbocycles. The number of alkyl halides is 2. The molecule has 0 radical (unpaired) electrons. The van der Waals surface area contributed by atoms with E-state index in [-0.39, 0.29) is 5.82 Å². The zero-order valence-corrected chi connectivity index (χ0v) is 17.3. The average Bonchev–Trinajstić information content (AvgIpc) is 3.45. The Morgan fingerprint density at radius 1 is 1.23 bits per heavy atom. The molecule has 4 aromatic rings. The average molecular weight is 425 g/mol. The Morgan fingerprint density at radius 2 is 1.97 bits per heavy atom. The molecule has 0 bridgehead atoms. The molecule has 0 amide bonds. The second-order valence-electron chi connectivity index (χ2n) is 7.93. The highest BCUT2D eigenvalue weighted by Gasteiger charge is 2.30. The van der Waals surface area contributed by atoms with Crippen molar-refractivity contribution in [1.82, 2.24) is 24.3 Å². The van der Waals surface area contributed by atoms with E-state index < -0.39 is 18.6 Å². The van der Waals surface area contributed by atoms with E-state index in [1.54, 1.807) is 55.9 Å². The van der Waals surface area contributed by atoms with Gasteiger partial charge in [0.2, 0.25) is 0 Å². The number of pyridine rings is 1. The van der Waals surface area contributed by atoms with Gasteiger partial charge in [0.25, 0.3) is 0 Å². The van der Waals surface area contributed by atoms with Crippen molar-refractivity contribution in [1.29, 1.82) is 0 Å². The molecule has 1 aliphatic rings. The third kappa shape index (κ3) is 3.24. The Morgan fingerprint density at radius 3 is 2.68 bits per heavy atom. The topological polar surface area (TPSA) is 74.8 Å². The summed E-state index contributed by atoms with van der Waals surface area (Å²) in [5.41, 5.74) is 3.17. The first-order valence-electron chi connectivity index (χ1n) is 10.2. The molecule has 0 aliphatic heterocycles. The predicted molar refractivity (Wildman–Crippen MR) is 110 cm³/mol. The van der Waals surface area contributed by atoms with Crippen LogP contribution in [0.2, 0.25) is 0 Å². The number of para-hydroxylation sites is 2. The van der Waals surface area contributed by atoms with E-state index in [9.17, 15) is 13.6 Å². The summed E-state index contributed by atoms with van der Waals surface area (Å²) in [6, 6.07) is 8.37. The second kappa shape index (κ2) is 7.11. The molecule has 0 spiro atoms. The van der Waals surface area contributed by atoms with E-state index in [4.69, 9.17) is 4.74 Å². The zero-order valence-electron chi connectivity index (χ0n) is 17.3. The second-order valence-corrected chi connectivity index (χ2v) is 7.93. The smallest absolute Gasteiger partial charge is 0.339 e. The van der Waals surface area contributed by atoms with Crippen LogP contribution in [0.5, 0.6) is 0 Å².